The van der Waals surface area contributed by atoms with Crippen LogP contribution in [0, 0.1) is 0 Å². The first-order valence-electron chi connectivity index (χ1n) is 9.98. The van der Waals surface area contributed by atoms with E-state index in [0.717, 1.165) is 34.1 Å². The molecule has 1 aliphatic carbocycles. The van der Waals surface area contributed by atoms with Gasteiger partial charge in [-0.1, -0.05) is 22.0 Å². The van der Waals surface area contributed by atoms with E-state index in [-0.39, 0.29) is 17.2 Å². The Bertz CT molecular complexity index is 983. The summed E-state index contributed by atoms with van der Waals surface area (Å²) in [5.41, 5.74) is 3.21. The Morgan fingerprint density at radius 3 is 2.72 bits per heavy atom. The first-order valence-corrected chi connectivity index (χ1v) is 10.8. The summed E-state index contributed by atoms with van der Waals surface area (Å²) < 4.78 is 6.34. The van der Waals surface area contributed by atoms with Crippen molar-refractivity contribution in [1.82, 2.24) is 14.8 Å². The van der Waals surface area contributed by atoms with Crippen LogP contribution in [-0.2, 0) is 16.7 Å². The normalized spacial score (nSPS) is 20.0. The molecule has 0 N–H and O–H groups in total. The molecule has 2 aromatic rings. The largest absolute Gasteiger partial charge is 0.378 e. The standard InChI is InChI=1S/C22H22BrN3O3/c23-15-4-5-17-18(12-15)22(6-7-22)14-26(20(17)27)13-16-2-1-3-19(24-16)21(28)25-8-10-29-11-9-25/h1-5,12H,6-11,13-14H2. The van der Waals surface area contributed by atoms with Crippen LogP contribution in [0.2, 0.25) is 0 Å². The van der Waals surface area contributed by atoms with E-state index in [4.69, 9.17) is 4.74 Å². The average Bonchev–Trinajstić information content (AvgIpc) is 3.52. The maximum atomic E-state index is 13.1. The SMILES string of the molecule is O=C(c1cccc(CN2CC3(CC3)c3cc(Br)ccc3C2=O)n1)N1CCOCC1. The topological polar surface area (TPSA) is 62.7 Å². The highest BCUT2D eigenvalue weighted by atomic mass is 79.9. The average molecular weight is 456 g/mol. The molecule has 1 aromatic carbocycles. The zero-order valence-corrected chi connectivity index (χ0v) is 17.7. The van der Waals surface area contributed by atoms with E-state index in [1.165, 1.54) is 0 Å². The Morgan fingerprint density at radius 2 is 1.97 bits per heavy atom. The van der Waals surface area contributed by atoms with Crippen molar-refractivity contribution in [3.63, 3.8) is 0 Å². The van der Waals surface area contributed by atoms with Crippen molar-refractivity contribution in [2.24, 2.45) is 0 Å². The van der Waals surface area contributed by atoms with Crippen LogP contribution in [0.5, 0.6) is 0 Å². The predicted octanol–water partition coefficient (Wildman–Crippen LogP) is 3.00. The summed E-state index contributed by atoms with van der Waals surface area (Å²) in [6.45, 7) is 3.42. The summed E-state index contributed by atoms with van der Waals surface area (Å²) in [6.07, 6.45) is 2.20. The zero-order valence-electron chi connectivity index (χ0n) is 16.1. The first-order chi connectivity index (χ1) is 14.1. The van der Waals surface area contributed by atoms with Gasteiger partial charge >= 0.3 is 0 Å². The number of carbonyl (C=O) groups excluding carboxylic acids is 2. The molecule has 2 fully saturated rings. The number of rotatable bonds is 3. The molecule has 0 unspecified atom stereocenters. The van der Waals surface area contributed by atoms with Gasteiger partial charge in [0.15, 0.2) is 0 Å². The highest BCUT2D eigenvalue weighted by Crippen LogP contribution is 2.53. The van der Waals surface area contributed by atoms with E-state index >= 15 is 0 Å². The number of amides is 2. The summed E-state index contributed by atoms with van der Waals surface area (Å²) in [7, 11) is 0. The van der Waals surface area contributed by atoms with Crippen LogP contribution in [0.15, 0.2) is 40.9 Å². The maximum Gasteiger partial charge on any atom is 0.272 e. The second kappa shape index (κ2) is 7.22. The molecule has 3 heterocycles. The number of pyridine rings is 1. The molecule has 0 bridgehead atoms. The molecule has 6 nitrogen and oxygen atoms in total. The third-order valence-electron chi connectivity index (χ3n) is 6.09. The summed E-state index contributed by atoms with van der Waals surface area (Å²) >= 11 is 3.53. The molecule has 1 aromatic heterocycles. The van der Waals surface area contributed by atoms with E-state index in [0.29, 0.717) is 45.1 Å². The Balaban J connectivity index is 1.38. The van der Waals surface area contributed by atoms with Gasteiger partial charge in [0.2, 0.25) is 0 Å². The van der Waals surface area contributed by atoms with Crippen LogP contribution in [0.25, 0.3) is 0 Å². The molecular weight excluding hydrogens is 434 g/mol. The smallest absolute Gasteiger partial charge is 0.272 e. The third kappa shape index (κ3) is 3.46. The fraction of sp³-hybridized carbons (Fsp3) is 0.409. The lowest BCUT2D eigenvalue weighted by Crippen LogP contribution is -2.43. The molecule has 0 radical (unpaired) electrons. The molecule has 1 spiro atoms. The Labute approximate surface area is 178 Å². The van der Waals surface area contributed by atoms with Gasteiger partial charge in [-0.25, -0.2) is 4.98 Å². The molecular formula is C22H22BrN3O3. The van der Waals surface area contributed by atoms with Gasteiger partial charge in [0, 0.05) is 35.1 Å². The summed E-state index contributed by atoms with van der Waals surface area (Å²) in [5, 5.41) is 0. The molecule has 7 heteroatoms. The Kier molecular flexibility index (Phi) is 4.67. The highest BCUT2D eigenvalue weighted by molar-refractivity contribution is 9.10. The minimum atomic E-state index is -0.0750. The number of halogens is 1. The second-order valence-corrected chi connectivity index (χ2v) is 8.97. The number of benzene rings is 1. The van der Waals surface area contributed by atoms with Crippen LogP contribution in [-0.4, -0.2) is 59.4 Å². The van der Waals surface area contributed by atoms with Crippen LogP contribution in [0.1, 0.15) is 44.9 Å². The summed E-state index contributed by atoms with van der Waals surface area (Å²) in [4.78, 5) is 34.1. The van der Waals surface area contributed by atoms with Crippen molar-refractivity contribution < 1.29 is 14.3 Å². The molecule has 2 aliphatic heterocycles. The van der Waals surface area contributed by atoms with Crippen LogP contribution < -0.4 is 0 Å². The molecule has 5 rings (SSSR count). The number of morpholine rings is 1. The number of ether oxygens (including phenoxy) is 1. The molecule has 1 saturated carbocycles. The van der Waals surface area contributed by atoms with Crippen LogP contribution >= 0.6 is 15.9 Å². The lowest BCUT2D eigenvalue weighted by atomic mass is 9.86. The van der Waals surface area contributed by atoms with Crippen molar-refractivity contribution in [1.29, 1.82) is 0 Å². The van der Waals surface area contributed by atoms with E-state index in [1.54, 1.807) is 11.0 Å². The van der Waals surface area contributed by atoms with E-state index in [1.807, 2.05) is 29.2 Å². The number of carbonyl (C=O) groups is 2. The second-order valence-electron chi connectivity index (χ2n) is 8.05. The summed E-state index contributed by atoms with van der Waals surface area (Å²) in [6, 6.07) is 11.4. The van der Waals surface area contributed by atoms with Crippen LogP contribution in [0.4, 0.5) is 0 Å². The van der Waals surface area contributed by atoms with E-state index in [9.17, 15) is 9.59 Å². The third-order valence-corrected chi connectivity index (χ3v) is 6.59. The van der Waals surface area contributed by atoms with Crippen molar-refractivity contribution in [3.05, 3.63) is 63.4 Å². The molecule has 3 aliphatic rings. The number of hydrogen-bond acceptors (Lipinski definition) is 4. The number of nitrogens with zero attached hydrogens (tertiary/aromatic N) is 3. The van der Waals surface area contributed by atoms with Gasteiger partial charge in [-0.15, -0.1) is 0 Å². The molecule has 150 valence electrons. The molecule has 0 atom stereocenters. The minimum Gasteiger partial charge on any atom is -0.378 e. The fourth-order valence-electron chi connectivity index (χ4n) is 4.35. The zero-order chi connectivity index (χ0) is 20.0. The monoisotopic (exact) mass is 455 g/mol. The van der Waals surface area contributed by atoms with Crippen molar-refractivity contribution in [2.45, 2.75) is 24.8 Å². The highest BCUT2D eigenvalue weighted by Gasteiger charge is 2.51. The van der Waals surface area contributed by atoms with Gasteiger partial charge in [0.25, 0.3) is 11.8 Å². The van der Waals surface area contributed by atoms with Crippen molar-refractivity contribution >= 4 is 27.7 Å². The van der Waals surface area contributed by atoms with Gasteiger partial charge in [-0.05, 0) is 48.7 Å². The molecule has 2 amide bonds. The number of fused-ring (bicyclic) bond motifs is 2. The predicted molar refractivity (Wildman–Crippen MR) is 111 cm³/mol. The lowest BCUT2D eigenvalue weighted by Gasteiger charge is -2.34. The van der Waals surface area contributed by atoms with Gasteiger partial charge in [0.1, 0.15) is 5.69 Å². The lowest BCUT2D eigenvalue weighted by molar-refractivity contribution is 0.0298. The quantitative estimate of drug-likeness (QED) is 0.713. The molecule has 1 saturated heterocycles. The number of aromatic nitrogens is 1. The summed E-state index contributed by atoms with van der Waals surface area (Å²) in [5.74, 6) is -0.0364. The number of hydrogen-bond donors (Lipinski definition) is 0. The van der Waals surface area contributed by atoms with Gasteiger partial charge in [0.05, 0.1) is 25.5 Å². The molecule has 29 heavy (non-hydrogen) atoms. The van der Waals surface area contributed by atoms with E-state index in [2.05, 4.69) is 27.0 Å². The Hall–Kier alpha value is -2.25. The van der Waals surface area contributed by atoms with Crippen molar-refractivity contribution in [3.8, 4) is 0 Å². The first kappa shape index (κ1) is 18.8. The fourth-order valence-corrected chi connectivity index (χ4v) is 4.71. The minimum absolute atomic E-state index is 0.0386. The van der Waals surface area contributed by atoms with E-state index < -0.39 is 0 Å². The Morgan fingerprint density at radius 1 is 1.17 bits per heavy atom. The maximum absolute atomic E-state index is 13.1. The van der Waals surface area contributed by atoms with Crippen molar-refractivity contribution in [2.75, 3.05) is 32.8 Å². The van der Waals surface area contributed by atoms with Gasteiger partial charge in [-0.2, -0.15) is 0 Å². The van der Waals surface area contributed by atoms with Crippen LogP contribution in [0.3, 0.4) is 0 Å². The van der Waals surface area contributed by atoms with Gasteiger partial charge < -0.3 is 14.5 Å². The van der Waals surface area contributed by atoms with Gasteiger partial charge in [-0.3, -0.25) is 9.59 Å².